The van der Waals surface area contributed by atoms with Crippen LogP contribution >= 0.6 is 0 Å². The van der Waals surface area contributed by atoms with Crippen molar-refractivity contribution in [3.63, 3.8) is 0 Å². The maximum atomic E-state index is 4.76. The largest absolute Gasteiger partial charge is 0.367 e. The zero-order valence-electron chi connectivity index (χ0n) is 17.1. The van der Waals surface area contributed by atoms with Crippen LogP contribution < -0.4 is 4.90 Å². The highest BCUT2D eigenvalue weighted by Gasteiger charge is 2.20. The minimum atomic E-state index is 0.696. The fraction of sp³-hybridized carbons (Fsp3) is 0.227. The Morgan fingerprint density at radius 3 is 2.65 bits per heavy atom. The summed E-state index contributed by atoms with van der Waals surface area (Å²) in [7, 11) is 2.16. The first-order valence-corrected chi connectivity index (χ1v) is 10.3. The van der Waals surface area contributed by atoms with Crippen molar-refractivity contribution >= 4 is 27.8 Å². The summed E-state index contributed by atoms with van der Waals surface area (Å²) in [5.74, 6) is 0.696. The molecule has 0 saturated carbocycles. The third-order valence-corrected chi connectivity index (χ3v) is 5.86. The van der Waals surface area contributed by atoms with Gasteiger partial charge in [0, 0.05) is 55.7 Å². The van der Waals surface area contributed by atoms with Crippen molar-refractivity contribution in [1.29, 1.82) is 0 Å². The lowest BCUT2D eigenvalue weighted by atomic mass is 10.1. The molecule has 0 bridgehead atoms. The number of H-pyrrole nitrogens is 2. The Hall–Kier alpha value is -3.85. The Bertz CT molecular complexity index is 1360. The van der Waals surface area contributed by atoms with E-state index in [9.17, 15) is 0 Å². The van der Waals surface area contributed by atoms with Crippen molar-refractivity contribution in [1.82, 2.24) is 40.0 Å². The molecule has 1 fully saturated rings. The number of hydrogen-bond donors (Lipinski definition) is 2. The number of rotatable bonds is 3. The lowest BCUT2D eigenvalue weighted by molar-refractivity contribution is 0.313. The van der Waals surface area contributed by atoms with Crippen LogP contribution in [0.1, 0.15) is 0 Å². The molecule has 31 heavy (non-hydrogen) atoms. The normalized spacial score (nSPS) is 15.2. The van der Waals surface area contributed by atoms with Gasteiger partial charge < -0.3 is 14.8 Å². The smallest absolute Gasteiger partial charge is 0.180 e. The van der Waals surface area contributed by atoms with Crippen LogP contribution in [-0.2, 0) is 0 Å². The number of anilines is 1. The Balaban J connectivity index is 1.44. The van der Waals surface area contributed by atoms with E-state index >= 15 is 0 Å². The Morgan fingerprint density at radius 1 is 0.968 bits per heavy atom. The molecule has 6 heterocycles. The van der Waals surface area contributed by atoms with Crippen LogP contribution in [0.15, 0.2) is 49.1 Å². The van der Waals surface area contributed by atoms with Gasteiger partial charge in [-0.2, -0.15) is 5.10 Å². The number of nitrogens with one attached hydrogen (secondary N) is 2. The number of imidazole rings is 1. The third-order valence-electron chi connectivity index (χ3n) is 5.86. The summed E-state index contributed by atoms with van der Waals surface area (Å²) in [6, 6.07) is 7.98. The van der Waals surface area contributed by atoms with E-state index in [0.717, 1.165) is 65.2 Å². The molecule has 0 atom stereocenters. The second kappa shape index (κ2) is 7.13. The molecule has 9 heteroatoms. The molecule has 9 nitrogen and oxygen atoms in total. The topological polar surface area (TPSA) is 103 Å². The molecule has 0 unspecified atom stereocenters. The Kier molecular flexibility index (Phi) is 4.13. The summed E-state index contributed by atoms with van der Waals surface area (Å²) in [6.45, 7) is 4.05. The van der Waals surface area contributed by atoms with E-state index in [1.165, 1.54) is 0 Å². The van der Waals surface area contributed by atoms with E-state index < -0.39 is 0 Å². The molecule has 0 spiro atoms. The van der Waals surface area contributed by atoms with Gasteiger partial charge >= 0.3 is 0 Å². The van der Waals surface area contributed by atoms with E-state index in [1.54, 1.807) is 18.6 Å². The summed E-state index contributed by atoms with van der Waals surface area (Å²) < 4.78 is 0. The fourth-order valence-corrected chi connectivity index (χ4v) is 4.10. The summed E-state index contributed by atoms with van der Waals surface area (Å²) in [5, 5.41) is 8.56. The number of nitrogens with zero attached hydrogens (tertiary/aromatic N) is 7. The summed E-state index contributed by atoms with van der Waals surface area (Å²) in [5.41, 5.74) is 6.27. The molecular weight excluding hydrogens is 390 g/mol. The van der Waals surface area contributed by atoms with Crippen LogP contribution in [0.2, 0.25) is 0 Å². The van der Waals surface area contributed by atoms with Crippen molar-refractivity contribution < 1.29 is 0 Å². The van der Waals surface area contributed by atoms with Gasteiger partial charge in [0.2, 0.25) is 0 Å². The molecule has 1 saturated heterocycles. The average molecular weight is 411 g/mol. The van der Waals surface area contributed by atoms with E-state index in [4.69, 9.17) is 4.98 Å². The van der Waals surface area contributed by atoms with Gasteiger partial charge in [0.25, 0.3) is 0 Å². The van der Waals surface area contributed by atoms with Crippen LogP contribution in [0.5, 0.6) is 0 Å². The van der Waals surface area contributed by atoms with Crippen molar-refractivity contribution in [3.8, 4) is 22.8 Å². The van der Waals surface area contributed by atoms with Crippen LogP contribution in [0.25, 0.3) is 44.8 Å². The SMILES string of the molecule is CN1CCN(c2ccnc3nc(-c4n[nH]c5cnc(-c6ccncc6)cc45)[nH]c23)CC1. The molecule has 5 aromatic heterocycles. The first kappa shape index (κ1) is 18.0. The lowest BCUT2D eigenvalue weighted by Crippen LogP contribution is -2.44. The molecule has 1 aliphatic rings. The van der Waals surface area contributed by atoms with Gasteiger partial charge in [-0.15, -0.1) is 0 Å². The first-order chi connectivity index (χ1) is 15.3. The molecule has 0 aliphatic carbocycles. The van der Waals surface area contributed by atoms with Gasteiger partial charge in [0.15, 0.2) is 11.5 Å². The van der Waals surface area contributed by atoms with Gasteiger partial charge in [-0.3, -0.25) is 15.1 Å². The highest BCUT2D eigenvalue weighted by Crippen LogP contribution is 2.31. The first-order valence-electron chi connectivity index (χ1n) is 10.3. The molecule has 5 aromatic rings. The number of piperazine rings is 1. The van der Waals surface area contributed by atoms with Gasteiger partial charge in [-0.25, -0.2) is 9.97 Å². The number of fused-ring (bicyclic) bond motifs is 2. The van der Waals surface area contributed by atoms with Gasteiger partial charge in [-0.1, -0.05) is 0 Å². The van der Waals surface area contributed by atoms with Crippen molar-refractivity contribution in [3.05, 3.63) is 49.1 Å². The Morgan fingerprint density at radius 2 is 1.81 bits per heavy atom. The maximum Gasteiger partial charge on any atom is 0.180 e. The van der Waals surface area contributed by atoms with E-state index in [1.807, 2.05) is 24.4 Å². The van der Waals surface area contributed by atoms with Crippen molar-refractivity contribution in [2.24, 2.45) is 0 Å². The summed E-state index contributed by atoms with van der Waals surface area (Å²) in [4.78, 5) is 26.1. The second-order valence-electron chi connectivity index (χ2n) is 7.83. The molecular formula is C22H21N9. The van der Waals surface area contributed by atoms with Crippen molar-refractivity contribution in [2.45, 2.75) is 0 Å². The Labute approximate surface area is 178 Å². The molecule has 154 valence electrons. The molecule has 0 amide bonds. The highest BCUT2D eigenvalue weighted by atomic mass is 15.3. The maximum absolute atomic E-state index is 4.76. The van der Waals surface area contributed by atoms with Crippen LogP contribution in [0.3, 0.4) is 0 Å². The monoisotopic (exact) mass is 411 g/mol. The molecule has 0 aromatic carbocycles. The standard InChI is InChI=1S/C22H21N9/c1-30-8-10-31(11-9-30)18-4-7-24-21-20(18)26-22(27-21)19-15-12-16(14-2-5-23-6-3-14)25-13-17(15)28-29-19/h2-7,12-13H,8-11H2,1H3,(H,28,29)(H,24,26,27). The number of likely N-dealkylation sites (N-methyl/N-ethyl adjacent to an activating group) is 1. The number of pyridine rings is 3. The fourth-order valence-electron chi connectivity index (χ4n) is 4.10. The minimum absolute atomic E-state index is 0.696. The predicted octanol–water partition coefficient (Wildman–Crippen LogP) is 2.71. The number of aromatic nitrogens is 7. The van der Waals surface area contributed by atoms with Gasteiger partial charge in [0.1, 0.15) is 11.2 Å². The zero-order valence-corrected chi connectivity index (χ0v) is 17.1. The average Bonchev–Trinajstić information content (AvgIpc) is 3.43. The van der Waals surface area contributed by atoms with E-state index in [2.05, 4.69) is 53.0 Å². The molecule has 0 radical (unpaired) electrons. The van der Waals surface area contributed by atoms with Crippen LogP contribution in [0, 0.1) is 0 Å². The summed E-state index contributed by atoms with van der Waals surface area (Å²) in [6.07, 6.45) is 7.16. The number of hydrogen-bond acceptors (Lipinski definition) is 7. The molecule has 2 N–H and O–H groups in total. The summed E-state index contributed by atoms with van der Waals surface area (Å²) >= 11 is 0. The quantitative estimate of drug-likeness (QED) is 0.471. The van der Waals surface area contributed by atoms with Crippen molar-refractivity contribution in [2.75, 3.05) is 38.1 Å². The molecule has 1 aliphatic heterocycles. The van der Waals surface area contributed by atoms with Gasteiger partial charge in [-0.05, 0) is 31.3 Å². The predicted molar refractivity (Wildman–Crippen MR) is 120 cm³/mol. The lowest BCUT2D eigenvalue weighted by Gasteiger charge is -2.34. The number of aromatic amines is 2. The highest BCUT2D eigenvalue weighted by molar-refractivity contribution is 5.95. The second-order valence-corrected chi connectivity index (χ2v) is 7.83. The zero-order chi connectivity index (χ0) is 20.8. The third kappa shape index (κ3) is 3.10. The van der Waals surface area contributed by atoms with Crippen LogP contribution in [0.4, 0.5) is 5.69 Å². The van der Waals surface area contributed by atoms with E-state index in [-0.39, 0.29) is 0 Å². The van der Waals surface area contributed by atoms with Gasteiger partial charge in [0.05, 0.1) is 23.1 Å². The minimum Gasteiger partial charge on any atom is -0.367 e. The molecule has 6 rings (SSSR count). The van der Waals surface area contributed by atoms with E-state index in [0.29, 0.717) is 11.5 Å². The van der Waals surface area contributed by atoms with Crippen LogP contribution in [-0.4, -0.2) is 73.2 Å².